The molecule has 140 valence electrons. The van der Waals surface area contributed by atoms with Crippen LogP contribution in [0.5, 0.6) is 5.75 Å². The smallest absolute Gasteiger partial charge is 0.406 e. The van der Waals surface area contributed by atoms with Gasteiger partial charge in [0.1, 0.15) is 17.5 Å². The van der Waals surface area contributed by atoms with E-state index in [1.165, 1.54) is 6.92 Å². The molecule has 0 aliphatic rings. The fraction of sp³-hybridized carbons (Fsp3) is 0.231. The van der Waals surface area contributed by atoms with Gasteiger partial charge in [0, 0.05) is 12.1 Å². The van der Waals surface area contributed by atoms with E-state index in [2.05, 4.69) is 9.84 Å². The van der Waals surface area contributed by atoms with E-state index >= 15 is 0 Å². The first-order valence-corrected chi connectivity index (χ1v) is 8.66. The van der Waals surface area contributed by atoms with Crippen LogP contribution in [0.25, 0.3) is 5.69 Å². The molecule has 0 radical (unpaired) electrons. The van der Waals surface area contributed by atoms with Gasteiger partial charge in [0.15, 0.2) is 5.69 Å². The van der Waals surface area contributed by atoms with Gasteiger partial charge in [-0.05, 0) is 18.7 Å². The molecule has 0 unspecified atom stereocenters. The van der Waals surface area contributed by atoms with Crippen molar-refractivity contribution in [3.05, 3.63) is 33.6 Å². The second kappa shape index (κ2) is 7.52. The quantitative estimate of drug-likeness (QED) is 0.295. The number of hydrogen-bond acceptors (Lipinski definition) is 4. The molecule has 4 nitrogen and oxygen atoms in total. The third-order valence-electron chi connectivity index (χ3n) is 2.82. The van der Waals surface area contributed by atoms with E-state index in [9.17, 15) is 17.6 Å². The highest BCUT2D eigenvalue weighted by atomic mass is 35.5. The van der Waals surface area contributed by atoms with Crippen LogP contribution in [0.2, 0.25) is 10.0 Å². The van der Waals surface area contributed by atoms with Crippen LogP contribution in [0.1, 0.15) is 11.4 Å². The van der Waals surface area contributed by atoms with Gasteiger partial charge < -0.3 is 4.74 Å². The second-order valence-electron chi connectivity index (χ2n) is 4.62. The highest BCUT2D eigenvalue weighted by Gasteiger charge is 2.33. The first-order valence-electron chi connectivity index (χ1n) is 6.33. The monoisotopic (exact) mass is 467 g/mol. The number of hydrogen-bond donors (Lipinski definition) is 0. The fourth-order valence-corrected chi connectivity index (χ4v) is 3.69. The van der Waals surface area contributed by atoms with E-state index in [1.807, 2.05) is 0 Å². The SMILES string of the molecule is Cc1c(SC(F)(Cl)Cl)c(C#N)nn1-c1c(Cl)cc(OC(F)(F)F)cc1Cl. The summed E-state index contributed by atoms with van der Waals surface area (Å²) in [5.74, 6) is -0.638. The van der Waals surface area contributed by atoms with Gasteiger partial charge in [0.05, 0.1) is 20.6 Å². The van der Waals surface area contributed by atoms with Gasteiger partial charge in [-0.2, -0.15) is 14.8 Å². The van der Waals surface area contributed by atoms with E-state index in [4.69, 9.17) is 51.7 Å². The summed E-state index contributed by atoms with van der Waals surface area (Å²) >= 11 is 22.9. The van der Waals surface area contributed by atoms with Crippen molar-refractivity contribution in [2.45, 2.75) is 22.1 Å². The lowest BCUT2D eigenvalue weighted by Gasteiger charge is -2.14. The van der Waals surface area contributed by atoms with E-state index in [0.717, 1.165) is 16.8 Å². The van der Waals surface area contributed by atoms with Crippen LogP contribution in [0.4, 0.5) is 17.6 Å². The number of ether oxygens (including phenoxy) is 1. The van der Waals surface area contributed by atoms with Crippen LogP contribution in [-0.4, -0.2) is 20.1 Å². The molecule has 0 atom stereocenters. The van der Waals surface area contributed by atoms with Gasteiger partial charge in [-0.1, -0.05) is 46.4 Å². The molecule has 26 heavy (non-hydrogen) atoms. The average Bonchev–Trinajstić information content (AvgIpc) is 2.72. The molecule has 0 fully saturated rings. The zero-order valence-electron chi connectivity index (χ0n) is 12.3. The Morgan fingerprint density at radius 1 is 1.19 bits per heavy atom. The lowest BCUT2D eigenvalue weighted by atomic mass is 10.3. The van der Waals surface area contributed by atoms with Crippen LogP contribution in [0, 0.1) is 18.3 Å². The summed E-state index contributed by atoms with van der Waals surface area (Å²) < 4.78 is 52.6. The Labute approximate surface area is 168 Å². The third-order valence-corrected chi connectivity index (χ3v) is 4.78. The number of nitriles is 1. The molecule has 1 aromatic heterocycles. The Morgan fingerprint density at radius 2 is 1.73 bits per heavy atom. The molecule has 0 saturated carbocycles. The molecule has 0 spiro atoms. The largest absolute Gasteiger partial charge is 0.573 e. The molecule has 13 heteroatoms. The maximum atomic E-state index is 13.5. The number of alkyl halides is 6. The van der Waals surface area contributed by atoms with E-state index in [0.29, 0.717) is 11.8 Å². The van der Waals surface area contributed by atoms with Gasteiger partial charge in [-0.3, -0.25) is 0 Å². The third kappa shape index (κ3) is 5.02. The highest BCUT2D eigenvalue weighted by molar-refractivity contribution is 8.03. The van der Waals surface area contributed by atoms with Crippen molar-refractivity contribution < 1.29 is 22.3 Å². The lowest BCUT2D eigenvalue weighted by Crippen LogP contribution is -2.17. The normalized spacial score (nSPS) is 12.2. The topological polar surface area (TPSA) is 50.8 Å². The summed E-state index contributed by atoms with van der Waals surface area (Å²) in [5, 5.41) is 12.6. The molecule has 0 aliphatic carbocycles. The fourth-order valence-electron chi connectivity index (χ4n) is 1.95. The Balaban J connectivity index is 2.58. The number of nitrogens with zero attached hydrogens (tertiary/aromatic N) is 3. The van der Waals surface area contributed by atoms with Crippen molar-refractivity contribution in [1.29, 1.82) is 5.26 Å². The predicted molar refractivity (Wildman–Crippen MR) is 91.1 cm³/mol. The minimum Gasteiger partial charge on any atom is -0.406 e. The second-order valence-corrected chi connectivity index (χ2v) is 8.29. The molecule has 2 rings (SSSR count). The molecule has 0 aliphatic heterocycles. The summed E-state index contributed by atoms with van der Waals surface area (Å²) in [6.07, 6.45) is -4.93. The Bertz CT molecular complexity index is 866. The van der Waals surface area contributed by atoms with E-state index in [1.54, 1.807) is 6.07 Å². The number of thioether (sulfide) groups is 1. The van der Waals surface area contributed by atoms with Gasteiger partial charge in [0.25, 0.3) is 0 Å². The standard InChI is InChI=1S/C13H5Cl4F4N3OS/c1-5-11(26-12(16,17)18)9(4-22)23-24(5)10-7(14)2-6(3-8(10)15)25-13(19,20)21/h2-3H,1H3. The number of halogens is 8. The summed E-state index contributed by atoms with van der Waals surface area (Å²) in [7, 11) is 0. The molecule has 0 amide bonds. The maximum absolute atomic E-state index is 13.5. The van der Waals surface area contributed by atoms with Gasteiger partial charge in [0.2, 0.25) is 0 Å². The van der Waals surface area contributed by atoms with Crippen LogP contribution in [0.15, 0.2) is 17.0 Å². The highest BCUT2D eigenvalue weighted by Crippen LogP contribution is 2.45. The molecule has 0 bridgehead atoms. The Hall–Kier alpha value is -1.05. The van der Waals surface area contributed by atoms with E-state index in [-0.39, 0.29) is 32.0 Å². The minimum atomic E-state index is -4.93. The minimum absolute atomic E-state index is 0.0164. The summed E-state index contributed by atoms with van der Waals surface area (Å²) in [5.41, 5.74) is -0.0564. The summed E-state index contributed by atoms with van der Waals surface area (Å²) in [6.45, 7) is 1.45. The van der Waals surface area contributed by atoms with E-state index < -0.39 is 16.0 Å². The average molecular weight is 469 g/mol. The van der Waals surface area contributed by atoms with Gasteiger partial charge in [-0.15, -0.1) is 13.2 Å². The molecular formula is C13H5Cl4F4N3OS. The van der Waals surface area contributed by atoms with Crippen LogP contribution >= 0.6 is 58.2 Å². The predicted octanol–water partition coefficient (Wildman–Crippen LogP) is 6.41. The zero-order chi connectivity index (χ0) is 19.9. The number of aromatic nitrogens is 2. The maximum Gasteiger partial charge on any atom is 0.573 e. The Kier molecular flexibility index (Phi) is 6.15. The first kappa shape index (κ1) is 21.3. The van der Waals surface area contributed by atoms with Crippen LogP contribution in [0.3, 0.4) is 0 Å². The molecule has 0 N–H and O–H groups in total. The van der Waals surface area contributed by atoms with Crippen molar-refractivity contribution in [2.24, 2.45) is 0 Å². The van der Waals surface area contributed by atoms with Crippen LogP contribution < -0.4 is 4.74 Å². The zero-order valence-corrected chi connectivity index (χ0v) is 16.2. The number of rotatable bonds is 4. The first-order chi connectivity index (χ1) is 11.8. The number of benzene rings is 1. The van der Waals surface area contributed by atoms with Gasteiger partial charge in [-0.25, -0.2) is 4.68 Å². The Morgan fingerprint density at radius 3 is 2.15 bits per heavy atom. The van der Waals surface area contributed by atoms with Crippen LogP contribution in [-0.2, 0) is 0 Å². The summed E-state index contributed by atoms with van der Waals surface area (Å²) in [4.78, 5) is 0.0164. The van der Waals surface area contributed by atoms with Gasteiger partial charge >= 0.3 is 10.3 Å². The molecule has 1 aromatic carbocycles. The lowest BCUT2D eigenvalue weighted by molar-refractivity contribution is -0.274. The van der Waals surface area contributed by atoms with Crippen molar-refractivity contribution in [2.75, 3.05) is 0 Å². The molecular weight excluding hydrogens is 464 g/mol. The summed E-state index contributed by atoms with van der Waals surface area (Å²) in [6, 6.07) is 3.48. The van der Waals surface area contributed by atoms with Crippen molar-refractivity contribution in [3.8, 4) is 17.5 Å². The molecule has 1 heterocycles. The van der Waals surface area contributed by atoms with Crippen molar-refractivity contribution in [1.82, 2.24) is 9.78 Å². The molecule has 0 saturated heterocycles. The van der Waals surface area contributed by atoms with Crippen molar-refractivity contribution in [3.63, 3.8) is 0 Å². The van der Waals surface area contributed by atoms with Crippen molar-refractivity contribution >= 4 is 58.2 Å². The molecule has 2 aromatic rings.